The van der Waals surface area contributed by atoms with Gasteiger partial charge in [-0.15, -0.1) is 0 Å². The molecule has 1 N–H and O–H groups in total. The van der Waals surface area contributed by atoms with E-state index >= 15 is 0 Å². The summed E-state index contributed by atoms with van der Waals surface area (Å²) in [6.07, 6.45) is 3.33. The van der Waals surface area contributed by atoms with E-state index in [0.29, 0.717) is 5.41 Å². The molecular weight excluding hydrogens is 270 g/mol. The third kappa shape index (κ3) is 5.94. The number of esters is 1. The van der Waals surface area contributed by atoms with Crippen molar-refractivity contribution >= 4 is 12.1 Å². The maximum atomic E-state index is 12.0. The zero-order valence-corrected chi connectivity index (χ0v) is 14.1. The Balaban J connectivity index is 2.69. The lowest BCUT2D eigenvalue weighted by molar-refractivity contribution is -0.145. The molecule has 5 nitrogen and oxygen atoms in total. The van der Waals surface area contributed by atoms with Crippen LogP contribution in [0.1, 0.15) is 60.3 Å². The average Bonchev–Trinajstić information content (AvgIpc) is 2.33. The number of methoxy groups -OCH3 is 1. The van der Waals surface area contributed by atoms with Crippen LogP contribution in [0, 0.1) is 11.3 Å². The first-order valence-corrected chi connectivity index (χ1v) is 7.61. The van der Waals surface area contributed by atoms with E-state index in [0.717, 1.165) is 25.7 Å². The predicted molar refractivity (Wildman–Crippen MR) is 80.9 cm³/mol. The minimum Gasteiger partial charge on any atom is -0.467 e. The minimum absolute atomic E-state index is 0.109. The van der Waals surface area contributed by atoms with Gasteiger partial charge in [-0.25, -0.2) is 9.59 Å². The number of nitrogens with one attached hydrogen (secondary N) is 1. The van der Waals surface area contributed by atoms with Crippen molar-refractivity contribution < 1.29 is 19.1 Å². The number of alkyl carbamates (subject to hydrolysis) is 1. The van der Waals surface area contributed by atoms with E-state index in [1.807, 2.05) is 0 Å². The standard InChI is InChI=1S/C16H29NO4/c1-15(2,3)21-14(19)17-12(13(18)20-6)11-7-9-16(4,5)10-8-11/h11-12H,7-10H2,1-6H3,(H,17,19). The highest BCUT2D eigenvalue weighted by Gasteiger charge is 2.37. The highest BCUT2D eigenvalue weighted by Crippen LogP contribution is 2.39. The van der Waals surface area contributed by atoms with Crippen molar-refractivity contribution in [2.75, 3.05) is 7.11 Å². The van der Waals surface area contributed by atoms with Crippen molar-refractivity contribution in [3.8, 4) is 0 Å². The monoisotopic (exact) mass is 299 g/mol. The Hall–Kier alpha value is -1.26. The number of hydrogen-bond acceptors (Lipinski definition) is 4. The second-order valence-corrected chi connectivity index (χ2v) is 7.65. The van der Waals surface area contributed by atoms with E-state index in [-0.39, 0.29) is 5.92 Å². The second-order valence-electron chi connectivity index (χ2n) is 7.65. The van der Waals surface area contributed by atoms with Crippen LogP contribution in [0.5, 0.6) is 0 Å². The summed E-state index contributed by atoms with van der Waals surface area (Å²) in [6.45, 7) is 9.85. The number of amides is 1. The summed E-state index contributed by atoms with van der Waals surface area (Å²) in [7, 11) is 1.35. The SMILES string of the molecule is COC(=O)C(NC(=O)OC(C)(C)C)C1CCC(C)(C)CC1. The minimum atomic E-state index is -0.624. The zero-order valence-electron chi connectivity index (χ0n) is 14.1. The third-order valence-electron chi connectivity index (χ3n) is 3.98. The molecule has 0 saturated heterocycles. The topological polar surface area (TPSA) is 64.6 Å². The summed E-state index contributed by atoms with van der Waals surface area (Å²) >= 11 is 0. The Morgan fingerprint density at radius 1 is 1.19 bits per heavy atom. The maximum Gasteiger partial charge on any atom is 0.408 e. The smallest absolute Gasteiger partial charge is 0.408 e. The Morgan fingerprint density at radius 2 is 1.71 bits per heavy atom. The number of ether oxygens (including phenoxy) is 2. The van der Waals surface area contributed by atoms with E-state index in [1.54, 1.807) is 20.8 Å². The Bertz CT molecular complexity index is 374. The molecule has 0 aromatic heterocycles. The third-order valence-corrected chi connectivity index (χ3v) is 3.98. The predicted octanol–water partition coefficient (Wildman–Crippen LogP) is 3.27. The molecule has 21 heavy (non-hydrogen) atoms. The van der Waals surface area contributed by atoms with Crippen molar-refractivity contribution in [1.29, 1.82) is 0 Å². The fourth-order valence-electron chi connectivity index (χ4n) is 2.69. The lowest BCUT2D eigenvalue weighted by Crippen LogP contribution is -2.49. The maximum absolute atomic E-state index is 12.0. The van der Waals surface area contributed by atoms with Gasteiger partial charge in [0.15, 0.2) is 0 Å². The molecule has 1 amide bonds. The lowest BCUT2D eigenvalue weighted by atomic mass is 9.71. The molecule has 0 aromatic carbocycles. The zero-order chi connectivity index (χ0) is 16.3. The number of hydrogen-bond donors (Lipinski definition) is 1. The summed E-state index contributed by atoms with van der Waals surface area (Å²) in [5.41, 5.74) is -0.275. The van der Waals surface area contributed by atoms with E-state index in [9.17, 15) is 9.59 Å². The first kappa shape index (κ1) is 17.8. The van der Waals surface area contributed by atoms with Gasteiger partial charge in [-0.05, 0) is 57.8 Å². The van der Waals surface area contributed by atoms with Gasteiger partial charge >= 0.3 is 12.1 Å². The van der Waals surface area contributed by atoms with Crippen molar-refractivity contribution in [3.05, 3.63) is 0 Å². The van der Waals surface area contributed by atoms with Crippen LogP contribution in [0.15, 0.2) is 0 Å². The van der Waals surface area contributed by atoms with Crippen molar-refractivity contribution in [2.45, 2.75) is 71.9 Å². The van der Waals surface area contributed by atoms with Crippen LogP contribution in [-0.4, -0.2) is 30.8 Å². The lowest BCUT2D eigenvalue weighted by Gasteiger charge is -2.37. The van der Waals surface area contributed by atoms with E-state index in [1.165, 1.54) is 7.11 Å². The van der Waals surface area contributed by atoms with Crippen LogP contribution in [0.4, 0.5) is 4.79 Å². The fraction of sp³-hybridized carbons (Fsp3) is 0.875. The van der Waals surface area contributed by atoms with Gasteiger partial charge in [0.2, 0.25) is 0 Å². The molecular formula is C16H29NO4. The average molecular weight is 299 g/mol. The molecule has 1 aliphatic carbocycles. The fourth-order valence-corrected chi connectivity index (χ4v) is 2.69. The molecule has 0 radical (unpaired) electrons. The van der Waals surface area contributed by atoms with Crippen LogP contribution in [0.2, 0.25) is 0 Å². The Kier molecular flexibility index (Phi) is 5.65. The second kappa shape index (κ2) is 6.67. The molecule has 1 aliphatic rings. The molecule has 0 spiro atoms. The van der Waals surface area contributed by atoms with E-state index in [2.05, 4.69) is 19.2 Å². The van der Waals surface area contributed by atoms with Gasteiger partial charge in [-0.2, -0.15) is 0 Å². The first-order valence-electron chi connectivity index (χ1n) is 7.61. The summed E-state index contributed by atoms with van der Waals surface area (Å²) in [6, 6.07) is -0.624. The molecule has 1 fully saturated rings. The summed E-state index contributed by atoms with van der Waals surface area (Å²) in [5.74, 6) is -0.288. The molecule has 1 rings (SSSR count). The molecule has 122 valence electrons. The summed E-state index contributed by atoms with van der Waals surface area (Å²) in [4.78, 5) is 23.9. The quantitative estimate of drug-likeness (QED) is 0.812. The van der Waals surface area contributed by atoms with Crippen LogP contribution < -0.4 is 5.32 Å². The van der Waals surface area contributed by atoms with Crippen molar-refractivity contribution in [3.63, 3.8) is 0 Å². The van der Waals surface area contributed by atoms with Crippen LogP contribution in [0.3, 0.4) is 0 Å². The van der Waals surface area contributed by atoms with Gasteiger partial charge in [-0.1, -0.05) is 13.8 Å². The van der Waals surface area contributed by atoms with Gasteiger partial charge in [0.1, 0.15) is 11.6 Å². The van der Waals surface area contributed by atoms with Gasteiger partial charge in [0.25, 0.3) is 0 Å². The molecule has 1 unspecified atom stereocenters. The van der Waals surface area contributed by atoms with Gasteiger partial charge in [-0.3, -0.25) is 0 Å². The molecule has 1 atom stereocenters. The molecule has 0 aliphatic heterocycles. The van der Waals surface area contributed by atoms with Crippen LogP contribution in [0.25, 0.3) is 0 Å². The summed E-state index contributed by atoms with van der Waals surface area (Å²) in [5, 5.41) is 2.69. The molecule has 0 bridgehead atoms. The van der Waals surface area contributed by atoms with Gasteiger partial charge in [0.05, 0.1) is 7.11 Å². The summed E-state index contributed by atoms with van der Waals surface area (Å²) < 4.78 is 10.1. The first-order chi connectivity index (χ1) is 9.54. The Labute approximate surface area is 127 Å². The normalized spacial score (nSPS) is 20.5. The van der Waals surface area contributed by atoms with Gasteiger partial charge < -0.3 is 14.8 Å². The Morgan fingerprint density at radius 3 is 2.14 bits per heavy atom. The molecule has 0 heterocycles. The van der Waals surface area contributed by atoms with E-state index < -0.39 is 23.7 Å². The molecule has 0 aromatic rings. The number of carbonyl (C=O) groups is 2. The highest BCUT2D eigenvalue weighted by molar-refractivity contribution is 5.81. The molecule has 1 saturated carbocycles. The van der Waals surface area contributed by atoms with Crippen molar-refractivity contribution in [2.24, 2.45) is 11.3 Å². The largest absolute Gasteiger partial charge is 0.467 e. The highest BCUT2D eigenvalue weighted by atomic mass is 16.6. The van der Waals surface area contributed by atoms with Crippen molar-refractivity contribution in [1.82, 2.24) is 5.32 Å². The van der Waals surface area contributed by atoms with E-state index in [4.69, 9.17) is 9.47 Å². The number of carbonyl (C=O) groups excluding carboxylic acids is 2. The van der Waals surface area contributed by atoms with Gasteiger partial charge in [0, 0.05) is 0 Å². The molecule has 5 heteroatoms. The number of rotatable bonds is 3. The van der Waals surface area contributed by atoms with Crippen LogP contribution >= 0.6 is 0 Å². The van der Waals surface area contributed by atoms with Crippen LogP contribution in [-0.2, 0) is 14.3 Å².